The second-order valence-corrected chi connectivity index (χ2v) is 7.49. The normalized spacial score (nSPS) is 17.4. The number of benzene rings is 2. The van der Waals surface area contributed by atoms with E-state index in [2.05, 4.69) is 132 Å². The molecule has 1 aliphatic rings. The molecule has 0 saturated heterocycles. The lowest BCUT2D eigenvalue weighted by atomic mass is 9.59. The van der Waals surface area contributed by atoms with Gasteiger partial charge in [0.05, 0.1) is 5.41 Å². The molecule has 0 spiro atoms. The monoisotopic (exact) mass is 464 g/mol. The molecular weight excluding hydrogens is 439 g/mol. The van der Waals surface area contributed by atoms with Gasteiger partial charge in [0.15, 0.2) is 0 Å². The second-order valence-electron chi connectivity index (χ2n) is 6.61. The van der Waals surface area contributed by atoms with Crippen LogP contribution in [0.5, 0.6) is 0 Å². The standard InChI is InChI=1S/C26H25I/c1-2-13-22(20-12-21-27)26(23-14-6-3-7-15-23,24-16-8-4-9-17-24)25-18-10-5-11-19-25/h2-18,20,25H,1,19,21H2/b20-12-,22-13+. The summed E-state index contributed by atoms with van der Waals surface area (Å²) in [4.78, 5) is 0. The first-order chi connectivity index (χ1) is 13.3. The number of rotatable bonds is 7. The summed E-state index contributed by atoms with van der Waals surface area (Å²) in [5.74, 6) is 0.331. The number of alkyl halides is 1. The number of halogens is 1. The number of hydrogen-bond acceptors (Lipinski definition) is 0. The van der Waals surface area contributed by atoms with Gasteiger partial charge in [0.1, 0.15) is 0 Å². The van der Waals surface area contributed by atoms with Gasteiger partial charge in [-0.25, -0.2) is 0 Å². The van der Waals surface area contributed by atoms with Crippen LogP contribution in [0.15, 0.2) is 121 Å². The third-order valence-electron chi connectivity index (χ3n) is 5.13. The fraction of sp³-hybridized carbons (Fsp3) is 0.154. The summed E-state index contributed by atoms with van der Waals surface area (Å²) in [6, 6.07) is 21.8. The first-order valence-corrected chi connectivity index (χ1v) is 10.9. The van der Waals surface area contributed by atoms with Gasteiger partial charge in [0.2, 0.25) is 0 Å². The van der Waals surface area contributed by atoms with Crippen LogP contribution in [0.4, 0.5) is 0 Å². The van der Waals surface area contributed by atoms with Crippen LogP contribution in [0.2, 0.25) is 0 Å². The van der Waals surface area contributed by atoms with Crippen LogP contribution in [0, 0.1) is 5.92 Å². The van der Waals surface area contributed by atoms with Gasteiger partial charge in [-0.2, -0.15) is 0 Å². The Morgan fingerprint density at radius 2 is 1.63 bits per heavy atom. The van der Waals surface area contributed by atoms with Crippen molar-refractivity contribution in [3.8, 4) is 0 Å². The number of allylic oxidation sites excluding steroid dienone is 9. The molecule has 0 saturated carbocycles. The van der Waals surface area contributed by atoms with E-state index in [0.29, 0.717) is 5.92 Å². The Morgan fingerprint density at radius 1 is 1.00 bits per heavy atom. The Kier molecular flexibility index (Phi) is 7.05. The lowest BCUT2D eigenvalue weighted by molar-refractivity contribution is 0.447. The molecule has 1 atom stereocenters. The van der Waals surface area contributed by atoms with Crippen LogP contribution in [-0.4, -0.2) is 4.43 Å². The van der Waals surface area contributed by atoms with Crippen molar-refractivity contribution in [3.05, 3.63) is 133 Å². The van der Waals surface area contributed by atoms with E-state index in [9.17, 15) is 0 Å². The molecular formula is C26H25I. The molecule has 0 aromatic heterocycles. The van der Waals surface area contributed by atoms with Gasteiger partial charge in [0.25, 0.3) is 0 Å². The molecule has 1 heteroatoms. The maximum absolute atomic E-state index is 4.01. The molecule has 27 heavy (non-hydrogen) atoms. The van der Waals surface area contributed by atoms with Crippen molar-refractivity contribution in [2.45, 2.75) is 11.8 Å². The predicted octanol–water partition coefficient (Wildman–Crippen LogP) is 7.21. The van der Waals surface area contributed by atoms with Gasteiger partial charge in [-0.1, -0.05) is 138 Å². The maximum Gasteiger partial charge on any atom is 0.0516 e. The lowest BCUT2D eigenvalue weighted by Gasteiger charge is -2.43. The Morgan fingerprint density at radius 3 is 2.11 bits per heavy atom. The predicted molar refractivity (Wildman–Crippen MR) is 126 cm³/mol. The quantitative estimate of drug-likeness (QED) is 0.231. The van der Waals surface area contributed by atoms with E-state index in [1.165, 1.54) is 16.7 Å². The zero-order valence-corrected chi connectivity index (χ0v) is 17.6. The van der Waals surface area contributed by atoms with Gasteiger partial charge >= 0.3 is 0 Å². The molecule has 3 rings (SSSR count). The van der Waals surface area contributed by atoms with Gasteiger partial charge in [-0.3, -0.25) is 0 Å². The minimum atomic E-state index is -0.264. The Labute approximate surface area is 176 Å². The van der Waals surface area contributed by atoms with Crippen molar-refractivity contribution >= 4 is 22.6 Å². The third-order valence-corrected chi connectivity index (χ3v) is 5.64. The molecule has 0 amide bonds. The molecule has 0 radical (unpaired) electrons. The summed E-state index contributed by atoms with van der Waals surface area (Å²) in [6.45, 7) is 4.01. The molecule has 1 unspecified atom stereocenters. The van der Waals surface area contributed by atoms with E-state index in [-0.39, 0.29) is 5.41 Å². The van der Waals surface area contributed by atoms with Gasteiger partial charge in [0, 0.05) is 4.43 Å². The average Bonchev–Trinajstić information content (AvgIpc) is 2.75. The maximum atomic E-state index is 4.01. The highest BCUT2D eigenvalue weighted by molar-refractivity contribution is 14.1. The zero-order chi connectivity index (χ0) is 19.0. The smallest absolute Gasteiger partial charge is 0.0516 e. The van der Waals surface area contributed by atoms with Crippen molar-refractivity contribution < 1.29 is 0 Å². The van der Waals surface area contributed by atoms with Crippen LogP contribution in [0.1, 0.15) is 17.5 Å². The highest BCUT2D eigenvalue weighted by Crippen LogP contribution is 2.48. The molecule has 0 bridgehead atoms. The van der Waals surface area contributed by atoms with Crippen molar-refractivity contribution in [2.75, 3.05) is 4.43 Å². The fourth-order valence-corrected chi connectivity index (χ4v) is 4.32. The fourth-order valence-electron chi connectivity index (χ4n) is 4.06. The first-order valence-electron chi connectivity index (χ1n) is 9.34. The van der Waals surface area contributed by atoms with Gasteiger partial charge < -0.3 is 0 Å². The molecule has 136 valence electrons. The van der Waals surface area contributed by atoms with Crippen LogP contribution in [-0.2, 0) is 5.41 Å². The molecule has 1 aliphatic carbocycles. The van der Waals surface area contributed by atoms with E-state index < -0.39 is 0 Å². The van der Waals surface area contributed by atoms with E-state index >= 15 is 0 Å². The Hall–Kier alpha value is -2.13. The van der Waals surface area contributed by atoms with Gasteiger partial charge in [-0.05, 0) is 29.0 Å². The molecule has 0 fully saturated rings. The first kappa shape index (κ1) is 19.6. The summed E-state index contributed by atoms with van der Waals surface area (Å²) < 4.78 is 0.978. The van der Waals surface area contributed by atoms with Crippen LogP contribution in [0.25, 0.3) is 0 Å². The van der Waals surface area contributed by atoms with Crippen LogP contribution < -0.4 is 0 Å². The summed E-state index contributed by atoms with van der Waals surface area (Å²) in [5.41, 5.74) is 3.64. The summed E-state index contributed by atoms with van der Waals surface area (Å²) in [7, 11) is 0. The third kappa shape index (κ3) is 4.08. The Bertz CT molecular complexity index is 814. The average molecular weight is 464 g/mol. The van der Waals surface area contributed by atoms with E-state index in [0.717, 1.165) is 10.8 Å². The van der Waals surface area contributed by atoms with E-state index in [4.69, 9.17) is 0 Å². The summed E-state index contributed by atoms with van der Waals surface area (Å²) in [5, 5.41) is 0. The molecule has 0 aliphatic heterocycles. The molecule has 2 aromatic carbocycles. The topological polar surface area (TPSA) is 0 Å². The zero-order valence-electron chi connectivity index (χ0n) is 15.5. The van der Waals surface area contributed by atoms with Gasteiger partial charge in [-0.15, -0.1) is 0 Å². The Balaban J connectivity index is 2.36. The molecule has 2 aromatic rings. The van der Waals surface area contributed by atoms with Crippen LogP contribution in [0.3, 0.4) is 0 Å². The molecule has 0 heterocycles. The van der Waals surface area contributed by atoms with Crippen LogP contribution >= 0.6 is 22.6 Å². The molecule has 0 N–H and O–H groups in total. The largest absolute Gasteiger partial charge is 0.0991 e. The van der Waals surface area contributed by atoms with Crippen molar-refractivity contribution in [1.82, 2.24) is 0 Å². The summed E-state index contributed by atoms with van der Waals surface area (Å²) in [6.07, 6.45) is 18.6. The highest BCUT2D eigenvalue weighted by Gasteiger charge is 2.42. The van der Waals surface area contributed by atoms with Crippen molar-refractivity contribution in [1.29, 1.82) is 0 Å². The van der Waals surface area contributed by atoms with E-state index in [1.54, 1.807) is 0 Å². The van der Waals surface area contributed by atoms with Crippen molar-refractivity contribution in [2.24, 2.45) is 5.92 Å². The minimum absolute atomic E-state index is 0.264. The number of hydrogen-bond donors (Lipinski definition) is 0. The summed E-state index contributed by atoms with van der Waals surface area (Å²) >= 11 is 2.40. The minimum Gasteiger partial charge on any atom is -0.0991 e. The highest BCUT2D eigenvalue weighted by atomic mass is 127. The lowest BCUT2D eigenvalue weighted by Crippen LogP contribution is -2.38. The second kappa shape index (κ2) is 9.70. The SMILES string of the molecule is C=C/C=C(\C=C/CI)C(c1ccccc1)(c1ccccc1)C1C=CC=CC1. The van der Waals surface area contributed by atoms with E-state index in [1.807, 2.05) is 6.08 Å². The molecule has 0 nitrogen and oxygen atoms in total. The van der Waals surface area contributed by atoms with Crippen molar-refractivity contribution in [3.63, 3.8) is 0 Å².